The summed E-state index contributed by atoms with van der Waals surface area (Å²) in [6.45, 7) is 4.56. The van der Waals surface area contributed by atoms with E-state index in [1.165, 1.54) is 49.5 Å². The van der Waals surface area contributed by atoms with Gasteiger partial charge in [-0.1, -0.05) is 102 Å². The van der Waals surface area contributed by atoms with Crippen LogP contribution in [-0.4, -0.2) is 318 Å². The number of benzene rings is 3. The van der Waals surface area contributed by atoms with Gasteiger partial charge >= 0.3 is 0 Å². The van der Waals surface area contributed by atoms with Crippen LogP contribution in [-0.2, 0) is 101 Å². The largest absolute Gasteiger partial charge is 0.508 e. The van der Waals surface area contributed by atoms with Crippen LogP contribution in [0.25, 0.3) is 21.8 Å². The number of amides is 17. The summed E-state index contributed by atoms with van der Waals surface area (Å²) >= 11 is 0.782. The molecule has 17 amide bonds. The molecule has 0 bridgehead atoms. The number of para-hydroxylation sites is 2. The van der Waals surface area contributed by atoms with Crippen LogP contribution in [0.3, 0.4) is 0 Å². The lowest BCUT2D eigenvalue weighted by molar-refractivity contribution is -0.149. The molecule has 0 aliphatic carbocycles. The van der Waals surface area contributed by atoms with Gasteiger partial charge in [-0.2, -0.15) is 0 Å². The molecule has 0 saturated carbocycles. The fraction of sp³-hybridized carbons (Fsp3) is 0.543. The van der Waals surface area contributed by atoms with Gasteiger partial charge in [-0.3, -0.25) is 86.5 Å². The number of nitrogens with zero attached hydrogens (tertiary/aromatic N) is 6. The van der Waals surface area contributed by atoms with Gasteiger partial charge in [-0.15, -0.1) is 11.8 Å². The summed E-state index contributed by atoms with van der Waals surface area (Å²) < 4.78 is 0. The molecule has 43 heteroatoms. The molecular weight excluding hydrogens is 1770 g/mol. The smallest absolute Gasteiger partial charge is 0.246 e. The predicted octanol–water partition coefficient (Wildman–Crippen LogP) is -2.59. The van der Waals surface area contributed by atoms with E-state index in [9.17, 15) is 48.9 Å². The number of nitrogens with one attached hydrogen (secondary N) is 12. The number of unbranched alkanes of at least 4 members (excludes halogenated alkanes) is 2. The number of H-pyrrole nitrogens is 2. The third-order valence-electron chi connectivity index (χ3n) is 24.8. The number of aromatic hydroxyl groups is 1. The fourth-order valence-corrected chi connectivity index (χ4v) is 18.5. The highest BCUT2D eigenvalue weighted by Crippen LogP contribution is 2.30. The number of aliphatic hydroxyl groups excluding tert-OH is 2. The first-order valence-electron chi connectivity index (χ1n) is 45.9. The average molecular weight is 1890 g/mol. The van der Waals surface area contributed by atoms with Gasteiger partial charge < -0.3 is 126 Å². The molecule has 2 aromatic heterocycles. The highest BCUT2D eigenvalue weighted by molar-refractivity contribution is 8.00. The number of phenolic OH excluding ortho intramolecular Hbond substituents is 1. The van der Waals surface area contributed by atoms with Crippen LogP contribution in [0, 0.1) is 5.92 Å². The van der Waals surface area contributed by atoms with Crippen molar-refractivity contribution in [3.63, 3.8) is 0 Å². The zero-order chi connectivity index (χ0) is 98.0. The molecule has 732 valence electrons. The number of carbonyl (C=O) groups is 17. The van der Waals surface area contributed by atoms with Crippen molar-refractivity contribution in [2.75, 3.05) is 64.9 Å². The van der Waals surface area contributed by atoms with Crippen LogP contribution in [0.1, 0.15) is 147 Å². The van der Waals surface area contributed by atoms with Gasteiger partial charge in [-0.05, 0) is 117 Å². The molecule has 5 aliphatic heterocycles. The van der Waals surface area contributed by atoms with Crippen molar-refractivity contribution >= 4 is 140 Å². The third-order valence-corrected chi connectivity index (χ3v) is 25.9. The summed E-state index contributed by atoms with van der Waals surface area (Å²) in [6, 6.07) is -2.70. The van der Waals surface area contributed by atoms with E-state index in [1.807, 2.05) is 13.8 Å². The van der Waals surface area contributed by atoms with Crippen molar-refractivity contribution < 1.29 is 96.8 Å². The second-order valence-electron chi connectivity index (χ2n) is 35.5. The molecule has 10 rings (SSSR count). The van der Waals surface area contributed by atoms with Crippen LogP contribution < -0.4 is 76.1 Å². The van der Waals surface area contributed by atoms with E-state index in [0.717, 1.165) is 31.4 Å². The summed E-state index contributed by atoms with van der Waals surface area (Å²) in [4.78, 5) is 268. The Balaban J connectivity index is 1.02. The molecule has 5 aromatic rings. The average Bonchev–Trinajstić information content (AvgIpc) is 1.79. The molecule has 7 heterocycles. The van der Waals surface area contributed by atoms with Crippen LogP contribution in [0.2, 0.25) is 0 Å². The minimum absolute atomic E-state index is 0.000651. The van der Waals surface area contributed by atoms with Gasteiger partial charge in [0.2, 0.25) is 100 Å². The van der Waals surface area contributed by atoms with E-state index in [1.54, 1.807) is 81.0 Å². The lowest BCUT2D eigenvalue weighted by atomic mass is 9.99. The topological polar surface area (TPSA) is 635 Å². The Morgan fingerprint density at radius 1 is 0.548 bits per heavy atom. The minimum Gasteiger partial charge on any atom is -0.508 e. The van der Waals surface area contributed by atoms with Crippen molar-refractivity contribution in [3.8, 4) is 5.75 Å². The maximum Gasteiger partial charge on any atom is 0.246 e. The molecule has 0 unspecified atom stereocenters. The number of primary amides is 2. The minimum atomic E-state index is -1.88. The predicted molar refractivity (Wildman–Crippen MR) is 498 cm³/mol. The first-order chi connectivity index (χ1) is 64.5. The Morgan fingerprint density at radius 3 is 1.67 bits per heavy atom. The lowest BCUT2D eigenvalue weighted by Crippen LogP contribution is -2.61. The van der Waals surface area contributed by atoms with Gasteiger partial charge in [0.25, 0.3) is 0 Å². The summed E-state index contributed by atoms with van der Waals surface area (Å²) in [7, 11) is 2.72. The number of hydrogen-bond acceptors (Lipinski definition) is 24. The van der Waals surface area contributed by atoms with E-state index in [4.69, 9.17) is 22.9 Å². The normalized spacial score (nSPS) is 26.2. The SMILES string of the molecule is CCCC[C@H]1C(=O)N(C)[C@@H](CCCC)C(=O)N[C@@H](CCCN)C(=O)N[C@H](C(=O)NCC(N)=O)CSCC(=O)N[C@@H](Cc2ccc(O)cc2)C(=O)N2C[C@@H](N)C[C@H]2C(=O)N[C@@H](CC(N)=O)C(=O)N2CCC[C@H]2C(=O)N[C@@H](CC2=CN=CC2)C(=O)N[C@@H](CC(C)C)C(=O)N2C[C@H](O)C[C@H]2C(=O)N[C@@H](Cc2c[nH]c3ccccc23)C(=O)N[C@@H](CO)C(=O)N[C@@H](Cc2c[nH]c3ccccc23)C(=O)N1C. The van der Waals surface area contributed by atoms with Crippen molar-refractivity contribution in [2.45, 2.75) is 246 Å². The molecule has 16 atom stereocenters. The van der Waals surface area contributed by atoms with Gasteiger partial charge in [-0.25, -0.2) is 0 Å². The van der Waals surface area contributed by atoms with Crippen LogP contribution in [0.15, 0.2) is 102 Å². The second kappa shape index (κ2) is 49.4. The summed E-state index contributed by atoms with van der Waals surface area (Å²) in [6.07, 6.45) is 4.55. The van der Waals surface area contributed by atoms with Gasteiger partial charge in [0.15, 0.2) is 0 Å². The fourth-order valence-electron chi connectivity index (χ4n) is 17.7. The van der Waals surface area contributed by atoms with Crippen LogP contribution in [0.5, 0.6) is 5.75 Å². The summed E-state index contributed by atoms with van der Waals surface area (Å²) in [5.74, 6) is -17.2. The number of thioether (sulfide) groups is 1. The number of phenols is 1. The molecule has 42 nitrogen and oxygen atoms in total. The van der Waals surface area contributed by atoms with E-state index >= 15 is 47.9 Å². The van der Waals surface area contributed by atoms with E-state index < -0.39 is 235 Å². The number of fused-ring (bicyclic) bond motifs is 5. The number of aromatic nitrogens is 2. The van der Waals surface area contributed by atoms with E-state index in [-0.39, 0.29) is 121 Å². The highest BCUT2D eigenvalue weighted by Gasteiger charge is 2.48. The summed E-state index contributed by atoms with van der Waals surface area (Å²) in [5, 5.41) is 61.0. The van der Waals surface area contributed by atoms with Crippen molar-refractivity contribution in [3.05, 3.63) is 114 Å². The van der Waals surface area contributed by atoms with Crippen LogP contribution >= 0.6 is 11.8 Å². The van der Waals surface area contributed by atoms with Crippen molar-refractivity contribution in [2.24, 2.45) is 33.8 Å². The Labute approximate surface area is 785 Å². The van der Waals surface area contributed by atoms with Gasteiger partial charge in [0, 0.05) is 124 Å². The quantitative estimate of drug-likeness (QED) is 0.0285. The monoisotopic (exact) mass is 1890 g/mol. The third kappa shape index (κ3) is 28.1. The lowest BCUT2D eigenvalue weighted by Gasteiger charge is -2.36. The molecule has 0 radical (unpaired) electrons. The molecule has 5 aliphatic rings. The van der Waals surface area contributed by atoms with Gasteiger partial charge in [0.1, 0.15) is 90.3 Å². The number of aromatic amines is 2. The number of aliphatic imine (C=N–C) groups is 1. The molecular formula is C92H128N22O20S. The molecule has 23 N–H and O–H groups in total. The Hall–Kier alpha value is -12.9. The summed E-state index contributed by atoms with van der Waals surface area (Å²) in [5.41, 5.74) is 27.0. The molecule has 0 spiro atoms. The maximum atomic E-state index is 15.7. The van der Waals surface area contributed by atoms with E-state index in [2.05, 4.69) is 68.1 Å². The highest BCUT2D eigenvalue weighted by atomic mass is 32.2. The molecule has 4 saturated heterocycles. The molecule has 4 fully saturated rings. The number of aliphatic hydroxyl groups is 2. The first-order valence-corrected chi connectivity index (χ1v) is 47.1. The van der Waals surface area contributed by atoms with Gasteiger partial charge in [0.05, 0.1) is 31.4 Å². The number of rotatable bonds is 25. The van der Waals surface area contributed by atoms with Crippen LogP contribution in [0.4, 0.5) is 0 Å². The maximum absolute atomic E-state index is 15.7. The number of likely N-dealkylation sites (N-methyl/N-ethyl adjacent to an activating group) is 2. The number of nitrogens with two attached hydrogens (primary N) is 4. The standard InChI is InChI=1S/C92H128N22O20S/c1-7-9-22-71-84(126)102-62(21-15-30-93)80(122)109-70(79(121)100-44-77(96)119)48-135-49-78(120)101-66(34-51-25-27-56(116)28-26-51)91(133)113-45-55(94)38-74(113)86(128)107-68(40-76(95)118)89(131)112-32-16-24-72(112)85(127)103-63(35-52-29-31-97-41-52)81(123)105-65(33-50(3)4)90(132)114-46-57(117)39-75(114)87(129)104-64(36-53-42-98-60-19-13-11-17-58(53)60)82(124)108-69(47-115)83(125)106-67(37-54-43-99-61-20-14-12-18-59(54)61)88(130)111(6)73(23-10-8-2)92(134)110(71)5/h11-14,17-20,25-28,31,41-43,50,55,57,62-75,98-99,115-117H,7-10,15-16,21-24,29-30,32-40,44-49,93-94H2,1-6H3,(H2,95,118)(H2,96,119)(H,100,121)(H,101,120)(H,102,126)(H,103,127)(H,104,129)(H,105,123)(H,106,125)(H,107,128)(H,108,124)(H,109,122)/t55-,57+,62-,63-,64-,65-,66-,67-,68-,69-,70-,71-,72-,73-,74-,75-/m0/s1. The molecule has 3 aromatic carbocycles. The van der Waals surface area contributed by atoms with Crippen molar-refractivity contribution in [1.29, 1.82) is 0 Å². The Morgan fingerprint density at radius 2 is 1.07 bits per heavy atom. The Bertz CT molecular complexity index is 5180. The van der Waals surface area contributed by atoms with Crippen molar-refractivity contribution in [1.82, 2.24) is 87.6 Å². The number of carbonyl (C=O) groups excluding carboxylic acids is 17. The second-order valence-corrected chi connectivity index (χ2v) is 36.6. The number of hydrogen-bond donors (Lipinski definition) is 19. The zero-order valence-electron chi connectivity index (χ0n) is 76.8. The Kier molecular flexibility index (Phi) is 38.1. The molecule has 135 heavy (non-hydrogen) atoms. The zero-order valence-corrected chi connectivity index (χ0v) is 77.6. The first kappa shape index (κ1) is 104. The van der Waals surface area contributed by atoms with E-state index in [0.29, 0.717) is 69.8 Å².